The van der Waals surface area contributed by atoms with Crippen molar-refractivity contribution in [2.24, 2.45) is 0 Å². The van der Waals surface area contributed by atoms with Crippen LogP contribution in [0.1, 0.15) is 64.0 Å². The summed E-state index contributed by atoms with van der Waals surface area (Å²) in [5, 5.41) is 3.38. The van der Waals surface area contributed by atoms with Crippen LogP contribution in [-0.4, -0.2) is 19.7 Å². The van der Waals surface area contributed by atoms with Crippen LogP contribution in [-0.2, 0) is 0 Å². The van der Waals surface area contributed by atoms with E-state index in [1.165, 1.54) is 17.5 Å². The fourth-order valence-electron chi connectivity index (χ4n) is 2.18. The first-order valence-corrected chi connectivity index (χ1v) is 7.54. The molecule has 1 N–H and O–H groups in total. The summed E-state index contributed by atoms with van der Waals surface area (Å²) in [7, 11) is 0. The van der Waals surface area contributed by atoms with Crippen LogP contribution in [0.4, 0.5) is 0 Å². The van der Waals surface area contributed by atoms with Gasteiger partial charge in [0.2, 0.25) is 0 Å². The minimum atomic E-state index is 0.498. The Hall–Kier alpha value is -1.02. The van der Waals surface area contributed by atoms with Crippen molar-refractivity contribution >= 4 is 0 Å². The van der Waals surface area contributed by atoms with Crippen LogP contribution in [0.15, 0.2) is 18.2 Å². The van der Waals surface area contributed by atoms with Crippen molar-refractivity contribution in [3.8, 4) is 5.75 Å². The third-order valence-corrected chi connectivity index (χ3v) is 3.27. The van der Waals surface area contributed by atoms with Crippen LogP contribution in [0.5, 0.6) is 5.75 Å². The zero-order chi connectivity index (χ0) is 14.3. The summed E-state index contributed by atoms with van der Waals surface area (Å²) in [4.78, 5) is 0. The summed E-state index contributed by atoms with van der Waals surface area (Å²) in [6.45, 7) is 13.8. The van der Waals surface area contributed by atoms with Gasteiger partial charge >= 0.3 is 0 Å². The van der Waals surface area contributed by atoms with Gasteiger partial charge in [-0.05, 0) is 35.9 Å². The van der Waals surface area contributed by atoms with Crippen LogP contribution in [0.25, 0.3) is 0 Å². The molecule has 1 aromatic carbocycles. The quantitative estimate of drug-likeness (QED) is 0.706. The van der Waals surface area contributed by atoms with E-state index in [1.54, 1.807) is 0 Å². The predicted molar refractivity (Wildman–Crippen MR) is 83.3 cm³/mol. The maximum atomic E-state index is 6.07. The summed E-state index contributed by atoms with van der Waals surface area (Å²) in [6.07, 6.45) is 1.17. The smallest absolute Gasteiger partial charge is 0.126 e. The summed E-state index contributed by atoms with van der Waals surface area (Å²) in [6, 6.07) is 6.52. The van der Waals surface area contributed by atoms with Gasteiger partial charge in [0, 0.05) is 6.54 Å². The lowest BCUT2D eigenvalue weighted by atomic mass is 9.94. The predicted octanol–water partition coefficient (Wildman–Crippen LogP) is 4.31. The lowest BCUT2D eigenvalue weighted by Crippen LogP contribution is -2.22. The summed E-state index contributed by atoms with van der Waals surface area (Å²) in [5.41, 5.74) is 2.64. The first-order valence-electron chi connectivity index (χ1n) is 7.54. The number of ether oxygens (including phenoxy) is 1. The molecule has 0 atom stereocenters. The molecular weight excluding hydrogens is 234 g/mol. The van der Waals surface area contributed by atoms with Crippen LogP contribution in [0, 0.1) is 0 Å². The normalized spacial score (nSPS) is 11.3. The van der Waals surface area contributed by atoms with E-state index in [9.17, 15) is 0 Å². The number of hydrogen-bond acceptors (Lipinski definition) is 2. The molecule has 1 rings (SSSR count). The Bertz CT molecular complexity index is 345. The Morgan fingerprint density at radius 3 is 2.05 bits per heavy atom. The lowest BCUT2D eigenvalue weighted by molar-refractivity contribution is 0.306. The topological polar surface area (TPSA) is 21.3 Å². The van der Waals surface area contributed by atoms with E-state index in [2.05, 4.69) is 58.1 Å². The Balaban J connectivity index is 2.77. The molecule has 2 nitrogen and oxygen atoms in total. The average Bonchev–Trinajstić information content (AvgIpc) is 2.38. The minimum absolute atomic E-state index is 0.498. The molecule has 108 valence electrons. The van der Waals surface area contributed by atoms with Gasteiger partial charge < -0.3 is 10.1 Å². The molecule has 0 unspecified atom stereocenters. The average molecular weight is 263 g/mol. The molecule has 0 saturated heterocycles. The van der Waals surface area contributed by atoms with Gasteiger partial charge in [-0.1, -0.05) is 52.8 Å². The second kappa shape index (κ2) is 8.21. The van der Waals surface area contributed by atoms with E-state index in [0.29, 0.717) is 11.8 Å². The highest BCUT2D eigenvalue weighted by Crippen LogP contribution is 2.34. The lowest BCUT2D eigenvalue weighted by Gasteiger charge is -2.20. The molecule has 0 amide bonds. The van der Waals surface area contributed by atoms with E-state index < -0.39 is 0 Å². The Labute approximate surface area is 118 Å². The second-order valence-corrected chi connectivity index (χ2v) is 5.67. The van der Waals surface area contributed by atoms with E-state index in [4.69, 9.17) is 4.74 Å². The zero-order valence-corrected chi connectivity index (χ0v) is 13.1. The molecule has 0 saturated carbocycles. The molecule has 0 heterocycles. The van der Waals surface area contributed by atoms with Crippen LogP contribution in [0.3, 0.4) is 0 Å². The number of nitrogens with one attached hydrogen (secondary N) is 1. The van der Waals surface area contributed by atoms with Crippen molar-refractivity contribution in [1.82, 2.24) is 5.32 Å². The second-order valence-electron chi connectivity index (χ2n) is 5.67. The molecule has 0 aliphatic carbocycles. The molecule has 0 spiro atoms. The Morgan fingerprint density at radius 2 is 1.58 bits per heavy atom. The van der Waals surface area contributed by atoms with Crippen LogP contribution >= 0.6 is 0 Å². The molecule has 0 bridgehead atoms. The molecule has 0 aliphatic rings. The number of para-hydroxylation sites is 1. The maximum absolute atomic E-state index is 6.07. The first kappa shape index (κ1) is 16.0. The Kier molecular flexibility index (Phi) is 6.93. The minimum Gasteiger partial charge on any atom is -0.492 e. The van der Waals surface area contributed by atoms with Crippen molar-refractivity contribution < 1.29 is 4.74 Å². The Morgan fingerprint density at radius 1 is 1.00 bits per heavy atom. The third kappa shape index (κ3) is 4.87. The molecule has 0 aromatic heterocycles. The molecule has 2 heteroatoms. The molecule has 0 fully saturated rings. The monoisotopic (exact) mass is 263 g/mol. The van der Waals surface area contributed by atoms with E-state index >= 15 is 0 Å². The van der Waals surface area contributed by atoms with Crippen molar-refractivity contribution in [2.45, 2.75) is 52.9 Å². The third-order valence-electron chi connectivity index (χ3n) is 3.27. The highest BCUT2D eigenvalue weighted by molar-refractivity contribution is 5.44. The van der Waals surface area contributed by atoms with Gasteiger partial charge in [-0.2, -0.15) is 0 Å². The van der Waals surface area contributed by atoms with E-state index in [0.717, 1.165) is 25.4 Å². The van der Waals surface area contributed by atoms with Crippen molar-refractivity contribution in [1.29, 1.82) is 0 Å². The maximum Gasteiger partial charge on any atom is 0.126 e. The number of rotatable bonds is 8. The standard InChI is InChI=1S/C17H29NO/c1-6-10-18-11-12-19-17-15(13(2)3)8-7-9-16(17)14(4)5/h7-9,13-14,18H,6,10-12H2,1-5H3. The zero-order valence-electron chi connectivity index (χ0n) is 13.1. The van der Waals surface area contributed by atoms with Gasteiger partial charge in [0.25, 0.3) is 0 Å². The fraction of sp³-hybridized carbons (Fsp3) is 0.647. The van der Waals surface area contributed by atoms with Crippen molar-refractivity contribution in [2.75, 3.05) is 19.7 Å². The fourth-order valence-corrected chi connectivity index (χ4v) is 2.18. The molecule has 0 aliphatic heterocycles. The van der Waals surface area contributed by atoms with E-state index in [1.807, 2.05) is 0 Å². The van der Waals surface area contributed by atoms with Crippen molar-refractivity contribution in [3.05, 3.63) is 29.3 Å². The van der Waals surface area contributed by atoms with E-state index in [-0.39, 0.29) is 0 Å². The summed E-state index contributed by atoms with van der Waals surface area (Å²) >= 11 is 0. The largest absolute Gasteiger partial charge is 0.492 e. The molecule has 19 heavy (non-hydrogen) atoms. The SMILES string of the molecule is CCCNCCOc1c(C(C)C)cccc1C(C)C. The van der Waals surface area contributed by atoms with Gasteiger partial charge in [0.15, 0.2) is 0 Å². The molecule has 1 aromatic rings. The molecule has 0 radical (unpaired) electrons. The highest BCUT2D eigenvalue weighted by Gasteiger charge is 2.14. The van der Waals surface area contributed by atoms with Gasteiger partial charge in [-0.3, -0.25) is 0 Å². The molecular formula is C17H29NO. The van der Waals surface area contributed by atoms with Gasteiger partial charge in [0.1, 0.15) is 12.4 Å². The van der Waals surface area contributed by atoms with Gasteiger partial charge in [0.05, 0.1) is 0 Å². The van der Waals surface area contributed by atoms with Crippen LogP contribution < -0.4 is 10.1 Å². The first-order chi connectivity index (χ1) is 9.07. The summed E-state index contributed by atoms with van der Waals surface area (Å²) < 4.78 is 6.07. The number of benzene rings is 1. The van der Waals surface area contributed by atoms with Gasteiger partial charge in [-0.25, -0.2) is 0 Å². The summed E-state index contributed by atoms with van der Waals surface area (Å²) in [5.74, 6) is 2.10. The van der Waals surface area contributed by atoms with Gasteiger partial charge in [-0.15, -0.1) is 0 Å². The van der Waals surface area contributed by atoms with Crippen molar-refractivity contribution in [3.63, 3.8) is 0 Å². The van der Waals surface area contributed by atoms with Crippen LogP contribution in [0.2, 0.25) is 0 Å². The number of hydrogen-bond donors (Lipinski definition) is 1. The highest BCUT2D eigenvalue weighted by atomic mass is 16.5.